The number of benzene rings is 1. The van der Waals surface area contributed by atoms with E-state index in [2.05, 4.69) is 0 Å². The summed E-state index contributed by atoms with van der Waals surface area (Å²) in [6.45, 7) is 0.0591. The first kappa shape index (κ1) is 18.9. The van der Waals surface area contributed by atoms with Crippen LogP contribution in [0.2, 0.25) is 0 Å². The first-order valence-electron chi connectivity index (χ1n) is 8.54. The van der Waals surface area contributed by atoms with Crippen LogP contribution in [0.3, 0.4) is 0 Å². The van der Waals surface area contributed by atoms with Crippen LogP contribution in [0.5, 0.6) is 0 Å². The molecule has 0 bridgehead atoms. The molecule has 3 N–H and O–H groups in total. The fourth-order valence-corrected chi connectivity index (χ4v) is 3.03. The molecule has 1 unspecified atom stereocenters. The van der Waals surface area contributed by atoms with E-state index in [1.54, 1.807) is 6.08 Å². The van der Waals surface area contributed by atoms with Crippen molar-refractivity contribution in [2.45, 2.75) is 44.6 Å². The lowest BCUT2D eigenvalue weighted by Gasteiger charge is -2.25. The first-order valence-corrected chi connectivity index (χ1v) is 8.54. The second kappa shape index (κ2) is 9.13. The van der Waals surface area contributed by atoms with E-state index in [0.717, 1.165) is 5.56 Å². The van der Waals surface area contributed by atoms with Crippen molar-refractivity contribution < 1.29 is 19.5 Å². The Kier molecular flexibility index (Phi) is 6.89. The third-order valence-electron chi connectivity index (χ3n) is 4.28. The van der Waals surface area contributed by atoms with E-state index in [1.165, 1.54) is 4.90 Å². The highest BCUT2D eigenvalue weighted by molar-refractivity contribution is 6.15. The molecule has 0 aliphatic carbocycles. The zero-order valence-electron chi connectivity index (χ0n) is 14.2. The number of carbonyl (C=O) groups is 3. The molecule has 0 radical (unpaired) electrons. The summed E-state index contributed by atoms with van der Waals surface area (Å²) in [6, 6.07) is 9.02. The van der Waals surface area contributed by atoms with E-state index >= 15 is 0 Å². The number of primary amides is 1. The average Bonchev–Trinajstić information content (AvgIpc) is 2.86. The van der Waals surface area contributed by atoms with Gasteiger partial charge in [0.2, 0.25) is 11.8 Å². The fourth-order valence-electron chi connectivity index (χ4n) is 3.03. The molecule has 6 nitrogen and oxygen atoms in total. The van der Waals surface area contributed by atoms with Crippen molar-refractivity contribution in [2.75, 3.05) is 6.61 Å². The summed E-state index contributed by atoms with van der Waals surface area (Å²) in [5.41, 5.74) is 6.54. The van der Waals surface area contributed by atoms with Gasteiger partial charge in [0.1, 0.15) is 0 Å². The van der Waals surface area contributed by atoms with Crippen molar-refractivity contribution in [1.29, 1.82) is 0 Å². The van der Waals surface area contributed by atoms with E-state index in [4.69, 9.17) is 10.8 Å². The summed E-state index contributed by atoms with van der Waals surface area (Å²) in [5, 5.41) is 8.94. The molecule has 0 saturated carbocycles. The Balaban J connectivity index is 2.15. The van der Waals surface area contributed by atoms with Crippen LogP contribution in [-0.2, 0) is 14.4 Å². The van der Waals surface area contributed by atoms with Gasteiger partial charge >= 0.3 is 0 Å². The van der Waals surface area contributed by atoms with Crippen LogP contribution in [0.1, 0.15) is 44.1 Å². The van der Waals surface area contributed by atoms with Crippen molar-refractivity contribution in [3.05, 3.63) is 41.5 Å². The average molecular weight is 344 g/mol. The number of likely N-dealkylation sites (tertiary alicyclic amines) is 1. The lowest BCUT2D eigenvalue weighted by molar-refractivity contribution is -0.141. The molecule has 6 heteroatoms. The predicted molar refractivity (Wildman–Crippen MR) is 94.0 cm³/mol. The molecule has 1 saturated heterocycles. The summed E-state index contributed by atoms with van der Waals surface area (Å²) >= 11 is 0. The summed E-state index contributed by atoms with van der Waals surface area (Å²) in [4.78, 5) is 37.5. The van der Waals surface area contributed by atoms with Crippen molar-refractivity contribution in [3.8, 4) is 0 Å². The second-order valence-electron chi connectivity index (χ2n) is 6.20. The van der Waals surface area contributed by atoms with Gasteiger partial charge in [-0.25, -0.2) is 0 Å². The molecule has 1 aromatic rings. The van der Waals surface area contributed by atoms with Crippen LogP contribution >= 0.6 is 0 Å². The third-order valence-corrected chi connectivity index (χ3v) is 4.28. The highest BCUT2D eigenvalue weighted by Crippen LogP contribution is 2.27. The molecular weight excluding hydrogens is 320 g/mol. The van der Waals surface area contributed by atoms with Gasteiger partial charge in [0, 0.05) is 24.6 Å². The van der Waals surface area contributed by atoms with Crippen LogP contribution in [0.4, 0.5) is 0 Å². The Morgan fingerprint density at radius 3 is 2.56 bits per heavy atom. The largest absolute Gasteiger partial charge is 0.396 e. The van der Waals surface area contributed by atoms with E-state index in [-0.39, 0.29) is 37.3 Å². The number of aliphatic hydroxyl groups excluding tert-OH is 1. The number of amides is 3. The molecule has 1 heterocycles. The molecule has 2 rings (SSSR count). The Hall–Kier alpha value is -2.47. The number of aliphatic hydroxyl groups is 1. The van der Waals surface area contributed by atoms with Crippen LogP contribution in [-0.4, -0.2) is 40.4 Å². The van der Waals surface area contributed by atoms with Gasteiger partial charge in [0.25, 0.3) is 5.91 Å². The number of carbonyl (C=O) groups excluding carboxylic acids is 3. The second-order valence-corrected chi connectivity index (χ2v) is 6.20. The van der Waals surface area contributed by atoms with Crippen molar-refractivity contribution in [1.82, 2.24) is 4.90 Å². The van der Waals surface area contributed by atoms with E-state index < -0.39 is 5.91 Å². The molecule has 3 amide bonds. The predicted octanol–water partition coefficient (Wildman–Crippen LogP) is 1.63. The molecule has 1 aliphatic heterocycles. The lowest BCUT2D eigenvalue weighted by atomic mass is 10.0. The SMILES string of the molecule is NC(=O)CCC(CCCCO)N1C(=O)C/C(=C\c2ccccc2)C1=O. The summed E-state index contributed by atoms with van der Waals surface area (Å²) in [7, 11) is 0. The minimum atomic E-state index is -0.452. The Labute approximate surface area is 147 Å². The maximum absolute atomic E-state index is 12.7. The van der Waals surface area contributed by atoms with Gasteiger partial charge in [-0.15, -0.1) is 0 Å². The Bertz CT molecular complexity index is 655. The van der Waals surface area contributed by atoms with Gasteiger partial charge in [-0.3, -0.25) is 19.3 Å². The molecule has 0 aromatic heterocycles. The molecule has 1 fully saturated rings. The number of hydrogen-bond acceptors (Lipinski definition) is 4. The number of unbranched alkanes of at least 4 members (excludes halogenated alkanes) is 1. The fraction of sp³-hybridized carbons (Fsp3) is 0.421. The van der Waals surface area contributed by atoms with Gasteiger partial charge in [0.15, 0.2) is 0 Å². The van der Waals surface area contributed by atoms with Crippen LogP contribution in [0.25, 0.3) is 6.08 Å². The highest BCUT2D eigenvalue weighted by atomic mass is 16.3. The zero-order chi connectivity index (χ0) is 18.2. The lowest BCUT2D eigenvalue weighted by Crippen LogP contribution is -2.40. The Morgan fingerprint density at radius 1 is 1.20 bits per heavy atom. The van der Waals surface area contributed by atoms with Crippen molar-refractivity contribution in [3.63, 3.8) is 0 Å². The minimum absolute atomic E-state index is 0.0591. The summed E-state index contributed by atoms with van der Waals surface area (Å²) < 4.78 is 0. The number of nitrogens with zero attached hydrogens (tertiary/aromatic N) is 1. The van der Waals surface area contributed by atoms with Crippen LogP contribution < -0.4 is 5.73 Å². The molecule has 1 aromatic carbocycles. The topological polar surface area (TPSA) is 101 Å². The first-order chi connectivity index (χ1) is 12.0. The van der Waals surface area contributed by atoms with Gasteiger partial charge < -0.3 is 10.8 Å². The maximum atomic E-state index is 12.7. The zero-order valence-corrected chi connectivity index (χ0v) is 14.2. The molecule has 25 heavy (non-hydrogen) atoms. The van der Waals surface area contributed by atoms with E-state index in [9.17, 15) is 14.4 Å². The van der Waals surface area contributed by atoms with Crippen molar-refractivity contribution >= 4 is 23.8 Å². The molecule has 0 spiro atoms. The maximum Gasteiger partial charge on any atom is 0.257 e. The van der Waals surface area contributed by atoms with Crippen LogP contribution in [0.15, 0.2) is 35.9 Å². The number of rotatable bonds is 9. The number of imide groups is 1. The van der Waals surface area contributed by atoms with Gasteiger partial charge in [-0.2, -0.15) is 0 Å². The Morgan fingerprint density at radius 2 is 1.92 bits per heavy atom. The van der Waals surface area contributed by atoms with Gasteiger partial charge in [-0.1, -0.05) is 30.3 Å². The highest BCUT2D eigenvalue weighted by Gasteiger charge is 2.38. The van der Waals surface area contributed by atoms with Crippen LogP contribution in [0, 0.1) is 0 Å². The third kappa shape index (κ3) is 5.26. The number of nitrogens with two attached hydrogens (primary N) is 1. The molecule has 1 aliphatic rings. The monoisotopic (exact) mass is 344 g/mol. The van der Waals surface area contributed by atoms with E-state index in [0.29, 0.717) is 31.3 Å². The van der Waals surface area contributed by atoms with Gasteiger partial charge in [0.05, 0.1) is 6.42 Å². The van der Waals surface area contributed by atoms with Gasteiger partial charge in [-0.05, 0) is 37.3 Å². The number of hydrogen-bond donors (Lipinski definition) is 2. The summed E-state index contributed by atoms with van der Waals surface area (Å²) in [5.74, 6) is -0.996. The van der Waals surface area contributed by atoms with Crippen molar-refractivity contribution in [2.24, 2.45) is 5.73 Å². The minimum Gasteiger partial charge on any atom is -0.396 e. The molecular formula is C19H24N2O4. The smallest absolute Gasteiger partial charge is 0.257 e. The normalized spacial score (nSPS) is 17.3. The standard InChI is InChI=1S/C19H24N2O4/c20-17(23)10-9-16(8-4-5-11-22)21-18(24)13-15(19(21)25)12-14-6-2-1-3-7-14/h1-3,6-7,12,16,22H,4-5,8-11,13H2,(H2,20,23)/b15-12+. The molecule has 1 atom stereocenters. The summed E-state index contributed by atoms with van der Waals surface area (Å²) in [6.07, 6.45) is 4.12. The molecule has 134 valence electrons. The quantitative estimate of drug-likeness (QED) is 0.404. The van der Waals surface area contributed by atoms with E-state index in [1.807, 2.05) is 30.3 Å².